The quantitative estimate of drug-likeness (QED) is 0.380. The molecule has 2 aromatic rings. The number of pyridine rings is 1. The molecular weight excluding hydrogens is 275 g/mol. The first-order valence-electron chi connectivity index (χ1n) is 5.40. The summed E-state index contributed by atoms with van der Waals surface area (Å²) in [7, 11) is 0. The fourth-order valence-corrected chi connectivity index (χ4v) is 1.57. The Balaban J connectivity index is 2.48. The van der Waals surface area contributed by atoms with E-state index >= 15 is 0 Å². The van der Waals surface area contributed by atoms with Crippen LogP contribution in [0.15, 0.2) is 29.7 Å². The predicted molar refractivity (Wildman–Crippen MR) is 63.6 cm³/mol. The Morgan fingerprint density at radius 1 is 1.40 bits per heavy atom. The number of amidine groups is 1. The molecule has 0 radical (unpaired) electrons. The Labute approximate surface area is 111 Å². The van der Waals surface area contributed by atoms with E-state index in [9.17, 15) is 13.2 Å². The SMILES string of the molecule is Cc1cc(/C(N)=N/O)cc(-n2cc(C(F)(F)F)cn2)n1. The Hall–Kier alpha value is -2.58. The van der Waals surface area contributed by atoms with Crippen molar-refractivity contribution >= 4 is 5.84 Å². The fraction of sp³-hybridized carbons (Fsp3) is 0.182. The van der Waals surface area contributed by atoms with E-state index in [1.165, 1.54) is 12.1 Å². The molecule has 20 heavy (non-hydrogen) atoms. The highest BCUT2D eigenvalue weighted by atomic mass is 19.4. The van der Waals surface area contributed by atoms with Crippen LogP contribution in [-0.2, 0) is 6.18 Å². The minimum atomic E-state index is -4.48. The molecule has 106 valence electrons. The third kappa shape index (κ3) is 2.71. The summed E-state index contributed by atoms with van der Waals surface area (Å²) in [5, 5.41) is 15.1. The largest absolute Gasteiger partial charge is 0.419 e. The second-order valence-corrected chi connectivity index (χ2v) is 4.01. The van der Waals surface area contributed by atoms with Crippen molar-refractivity contribution in [3.63, 3.8) is 0 Å². The van der Waals surface area contributed by atoms with Crippen molar-refractivity contribution in [2.24, 2.45) is 10.9 Å². The lowest BCUT2D eigenvalue weighted by Gasteiger charge is -2.06. The van der Waals surface area contributed by atoms with E-state index < -0.39 is 11.7 Å². The van der Waals surface area contributed by atoms with Crippen LogP contribution in [0.3, 0.4) is 0 Å². The zero-order valence-electron chi connectivity index (χ0n) is 10.3. The monoisotopic (exact) mass is 285 g/mol. The summed E-state index contributed by atoms with van der Waals surface area (Å²) >= 11 is 0. The number of aromatic nitrogens is 3. The van der Waals surface area contributed by atoms with Crippen LogP contribution in [0.2, 0.25) is 0 Å². The van der Waals surface area contributed by atoms with Gasteiger partial charge in [0.15, 0.2) is 11.7 Å². The summed E-state index contributed by atoms with van der Waals surface area (Å²) in [5.41, 5.74) is 5.39. The molecule has 2 heterocycles. The average Bonchev–Trinajstić information content (AvgIpc) is 2.86. The minimum absolute atomic E-state index is 0.141. The number of hydrogen-bond acceptors (Lipinski definition) is 4. The third-order valence-corrected chi connectivity index (χ3v) is 2.49. The van der Waals surface area contributed by atoms with Gasteiger partial charge in [-0.2, -0.15) is 18.3 Å². The van der Waals surface area contributed by atoms with Gasteiger partial charge in [-0.1, -0.05) is 5.16 Å². The summed E-state index contributed by atoms with van der Waals surface area (Å²) < 4.78 is 38.5. The summed E-state index contributed by atoms with van der Waals surface area (Å²) in [6.45, 7) is 1.63. The lowest BCUT2D eigenvalue weighted by molar-refractivity contribution is -0.137. The maximum absolute atomic E-state index is 12.5. The number of aryl methyl sites for hydroxylation is 1. The first kappa shape index (κ1) is 13.8. The number of alkyl halides is 3. The number of halogens is 3. The average molecular weight is 285 g/mol. The molecule has 0 aliphatic rings. The predicted octanol–water partition coefficient (Wildman–Crippen LogP) is 1.69. The molecule has 0 spiro atoms. The van der Waals surface area contributed by atoms with Crippen molar-refractivity contribution in [1.82, 2.24) is 14.8 Å². The van der Waals surface area contributed by atoms with E-state index in [1.54, 1.807) is 6.92 Å². The number of nitrogens with two attached hydrogens (primary N) is 1. The van der Waals surface area contributed by atoms with Gasteiger partial charge in [-0.25, -0.2) is 9.67 Å². The molecule has 0 unspecified atom stereocenters. The van der Waals surface area contributed by atoms with Gasteiger partial charge in [0, 0.05) is 17.5 Å². The molecule has 0 atom stereocenters. The van der Waals surface area contributed by atoms with Gasteiger partial charge in [0.25, 0.3) is 0 Å². The van der Waals surface area contributed by atoms with Crippen LogP contribution in [0.1, 0.15) is 16.8 Å². The van der Waals surface area contributed by atoms with Crippen LogP contribution < -0.4 is 5.73 Å². The smallest absolute Gasteiger partial charge is 0.409 e. The van der Waals surface area contributed by atoms with Crippen LogP contribution in [0.5, 0.6) is 0 Å². The van der Waals surface area contributed by atoms with E-state index in [0.29, 0.717) is 17.5 Å². The summed E-state index contributed by atoms with van der Waals surface area (Å²) in [5.74, 6) is -0.0259. The molecule has 3 N–H and O–H groups in total. The second kappa shape index (κ2) is 4.83. The lowest BCUT2D eigenvalue weighted by atomic mass is 10.2. The standard InChI is InChI=1S/C11H10F3N5O/c1-6-2-7(10(15)18-20)3-9(17-6)19-5-8(4-16-19)11(12,13)14/h2-5,20H,1H3,(H2,15,18). The molecule has 0 aromatic carbocycles. The number of hydrogen-bond donors (Lipinski definition) is 2. The molecule has 0 bridgehead atoms. The summed E-state index contributed by atoms with van der Waals surface area (Å²) in [6, 6.07) is 2.90. The van der Waals surface area contributed by atoms with Crippen LogP contribution >= 0.6 is 0 Å². The lowest BCUT2D eigenvalue weighted by Crippen LogP contribution is -2.14. The summed E-state index contributed by atoms with van der Waals surface area (Å²) in [6.07, 6.45) is -2.96. The molecule has 0 amide bonds. The van der Waals surface area contributed by atoms with Crippen molar-refractivity contribution in [2.75, 3.05) is 0 Å². The Morgan fingerprint density at radius 2 is 2.10 bits per heavy atom. The van der Waals surface area contributed by atoms with Gasteiger partial charge in [0.1, 0.15) is 0 Å². The van der Waals surface area contributed by atoms with Crippen LogP contribution in [0.25, 0.3) is 5.82 Å². The van der Waals surface area contributed by atoms with Crippen molar-refractivity contribution in [3.8, 4) is 5.82 Å². The van der Waals surface area contributed by atoms with E-state index in [0.717, 1.165) is 10.9 Å². The Bertz CT molecular complexity index is 662. The molecule has 2 aromatic heterocycles. The molecule has 0 fully saturated rings. The van der Waals surface area contributed by atoms with Gasteiger partial charge in [-0.05, 0) is 19.1 Å². The highest BCUT2D eigenvalue weighted by Gasteiger charge is 2.32. The van der Waals surface area contributed by atoms with E-state index in [1.807, 2.05) is 0 Å². The molecule has 9 heteroatoms. The molecule has 6 nitrogen and oxygen atoms in total. The third-order valence-electron chi connectivity index (χ3n) is 2.49. The van der Waals surface area contributed by atoms with Crippen LogP contribution in [0, 0.1) is 6.92 Å². The Kier molecular flexibility index (Phi) is 3.35. The van der Waals surface area contributed by atoms with E-state index in [4.69, 9.17) is 10.9 Å². The zero-order chi connectivity index (χ0) is 14.9. The topological polar surface area (TPSA) is 89.3 Å². The van der Waals surface area contributed by atoms with Gasteiger partial charge in [0.05, 0.1) is 11.8 Å². The van der Waals surface area contributed by atoms with Crippen LogP contribution in [0.4, 0.5) is 13.2 Å². The fourth-order valence-electron chi connectivity index (χ4n) is 1.57. The van der Waals surface area contributed by atoms with E-state index in [-0.39, 0.29) is 11.7 Å². The molecule has 0 saturated heterocycles. The highest BCUT2D eigenvalue weighted by Crippen LogP contribution is 2.29. The van der Waals surface area contributed by atoms with Gasteiger partial charge < -0.3 is 10.9 Å². The molecular formula is C11H10F3N5O. The first-order chi connectivity index (χ1) is 9.31. The van der Waals surface area contributed by atoms with Crippen molar-refractivity contribution in [1.29, 1.82) is 0 Å². The van der Waals surface area contributed by atoms with Crippen LogP contribution in [-0.4, -0.2) is 25.8 Å². The van der Waals surface area contributed by atoms with Gasteiger partial charge in [0.2, 0.25) is 0 Å². The van der Waals surface area contributed by atoms with Gasteiger partial charge in [-0.15, -0.1) is 0 Å². The summed E-state index contributed by atoms with van der Waals surface area (Å²) in [4.78, 5) is 4.06. The number of rotatable bonds is 2. The first-order valence-corrected chi connectivity index (χ1v) is 5.40. The van der Waals surface area contributed by atoms with Crippen molar-refractivity contribution < 1.29 is 18.4 Å². The second-order valence-electron chi connectivity index (χ2n) is 4.01. The van der Waals surface area contributed by atoms with Gasteiger partial charge >= 0.3 is 6.18 Å². The molecule has 0 saturated carbocycles. The van der Waals surface area contributed by atoms with Crippen molar-refractivity contribution in [2.45, 2.75) is 13.1 Å². The molecule has 2 rings (SSSR count). The van der Waals surface area contributed by atoms with Gasteiger partial charge in [-0.3, -0.25) is 0 Å². The highest BCUT2D eigenvalue weighted by molar-refractivity contribution is 5.97. The zero-order valence-corrected chi connectivity index (χ0v) is 10.3. The number of oxime groups is 1. The normalized spacial score (nSPS) is 12.7. The molecule has 0 aliphatic carbocycles. The Morgan fingerprint density at radius 3 is 2.65 bits per heavy atom. The molecule has 0 aliphatic heterocycles. The minimum Gasteiger partial charge on any atom is -0.409 e. The number of nitrogens with zero attached hydrogens (tertiary/aromatic N) is 4. The maximum atomic E-state index is 12.5. The maximum Gasteiger partial charge on any atom is 0.419 e. The van der Waals surface area contributed by atoms with Crippen molar-refractivity contribution in [3.05, 3.63) is 41.3 Å². The van der Waals surface area contributed by atoms with E-state index in [2.05, 4.69) is 15.2 Å².